The van der Waals surface area contributed by atoms with Gasteiger partial charge in [-0.05, 0) is 112 Å². The normalized spacial score (nSPS) is 21.8. The van der Waals surface area contributed by atoms with Crippen molar-refractivity contribution in [2.24, 2.45) is 0 Å². The second-order valence-corrected chi connectivity index (χ2v) is 17.2. The number of fused-ring (bicyclic) bond motifs is 2. The number of rotatable bonds is 7. The lowest BCUT2D eigenvalue weighted by Gasteiger charge is -2.48. The average Bonchev–Trinajstić information content (AvgIpc) is 3.30. The van der Waals surface area contributed by atoms with E-state index in [1.54, 1.807) is 15.9 Å². The molecule has 350 valence electrons. The zero-order chi connectivity index (χ0) is 46.8. The van der Waals surface area contributed by atoms with Crippen molar-refractivity contribution in [1.29, 1.82) is 0 Å². The van der Waals surface area contributed by atoms with Crippen molar-refractivity contribution in [3.63, 3.8) is 0 Å². The number of alkyl halides is 6. The molecule has 0 spiro atoms. The molecule has 4 fully saturated rings. The van der Waals surface area contributed by atoms with E-state index in [1.165, 1.54) is 16.7 Å². The van der Waals surface area contributed by atoms with Gasteiger partial charge in [0.15, 0.2) is 0 Å². The number of carbonyl (C=O) groups excluding carboxylic acids is 2. The highest BCUT2D eigenvalue weighted by Gasteiger charge is 2.41. The first kappa shape index (κ1) is 47.6. The van der Waals surface area contributed by atoms with Gasteiger partial charge in [0, 0.05) is 88.2 Å². The number of aromatic hydroxyl groups is 1. The fourth-order valence-electron chi connectivity index (χ4n) is 9.75. The van der Waals surface area contributed by atoms with E-state index in [4.69, 9.17) is 9.84 Å². The lowest BCUT2D eigenvalue weighted by molar-refractivity contribution is -0.145. The summed E-state index contributed by atoms with van der Waals surface area (Å²) < 4.78 is 81.8. The van der Waals surface area contributed by atoms with Crippen LogP contribution >= 0.6 is 0 Å². The number of nitrogens with zero attached hydrogens (tertiary/aromatic N) is 8. The number of hydrogen-bond acceptors (Lipinski definition) is 11. The second kappa shape index (κ2) is 19.6. The van der Waals surface area contributed by atoms with Crippen molar-refractivity contribution in [1.82, 2.24) is 39.5 Å². The van der Waals surface area contributed by atoms with E-state index in [9.17, 15) is 41.0 Å². The molecule has 19 heteroatoms. The van der Waals surface area contributed by atoms with E-state index < -0.39 is 24.0 Å². The molecule has 13 nitrogen and oxygen atoms in total. The molecule has 4 atom stereocenters. The van der Waals surface area contributed by atoms with Crippen molar-refractivity contribution in [3.05, 3.63) is 105 Å². The topological polar surface area (TPSA) is 148 Å². The van der Waals surface area contributed by atoms with Crippen LogP contribution in [-0.2, 0) is 12.4 Å². The van der Waals surface area contributed by atoms with Gasteiger partial charge in [-0.3, -0.25) is 19.4 Å². The molecule has 4 aromatic rings. The fraction of sp³-hybridized carbons (Fsp3) is 0.522. The first-order chi connectivity index (χ1) is 30.9. The van der Waals surface area contributed by atoms with Crippen LogP contribution in [0.3, 0.4) is 0 Å². The maximum atomic E-state index is 12.9. The van der Waals surface area contributed by atoms with E-state index in [-0.39, 0.29) is 60.3 Å². The van der Waals surface area contributed by atoms with Gasteiger partial charge in [-0.1, -0.05) is 12.1 Å². The Morgan fingerprint density at radius 3 is 1.49 bits per heavy atom. The maximum Gasteiger partial charge on any atom is 0.451 e. The summed E-state index contributed by atoms with van der Waals surface area (Å²) in [6.07, 6.45) is 0.569. The van der Waals surface area contributed by atoms with Crippen LogP contribution in [0.5, 0.6) is 11.5 Å². The highest BCUT2D eigenvalue weighted by atomic mass is 19.4. The van der Waals surface area contributed by atoms with E-state index >= 15 is 0 Å². The van der Waals surface area contributed by atoms with Gasteiger partial charge in [0.1, 0.15) is 18.1 Å². The Morgan fingerprint density at radius 2 is 1.06 bits per heavy atom. The Morgan fingerprint density at radius 1 is 0.631 bits per heavy atom. The molecule has 0 aliphatic carbocycles. The molecular formula is C46H54F6N8O5. The van der Waals surface area contributed by atoms with Crippen LogP contribution in [0.4, 0.5) is 26.3 Å². The van der Waals surface area contributed by atoms with Crippen molar-refractivity contribution in [2.45, 2.75) is 103 Å². The highest BCUT2D eigenvalue weighted by molar-refractivity contribution is 5.94. The predicted octanol–water partition coefficient (Wildman–Crippen LogP) is 7.40. The number of aliphatic hydroxyl groups is 1. The van der Waals surface area contributed by atoms with E-state index in [0.29, 0.717) is 45.0 Å². The number of carbonyl (C=O) groups is 2. The molecule has 8 rings (SSSR count). The Kier molecular flexibility index (Phi) is 14.3. The number of aliphatic hydroxyl groups excluding tert-OH is 1. The standard InChI is InChI=1S/C24H29F3N4O3.C22H25F3N4O2/c1-15-16(2)21(34-11-10-32)7-6-19(15)20-5-3-4-18-14-30(8-9-31(18)20)22(33)17-12-28-23(29-13-17)24(25,26)27;1-13-14(2)19(30)7-6-17(13)18-5-3-4-16-12-28(8-9-29(16)18)20(31)15-10-26-21(27-11-15)22(23,24)25/h6-7,12-13,18,20,32H,3-5,8-11,14H2,1-2H3;6-7,10-11,16,18,30H,3-5,8-9,12H2,1-2H3/t18-,20+;16-,18+/m00/s1. The van der Waals surface area contributed by atoms with Crippen LogP contribution in [0.15, 0.2) is 49.1 Å². The first-order valence-electron chi connectivity index (χ1n) is 21.9. The van der Waals surface area contributed by atoms with Crippen LogP contribution in [0.2, 0.25) is 0 Å². The summed E-state index contributed by atoms with van der Waals surface area (Å²) in [4.78, 5) is 47.3. The summed E-state index contributed by atoms with van der Waals surface area (Å²) >= 11 is 0. The molecule has 0 radical (unpaired) electrons. The third kappa shape index (κ3) is 10.4. The molecule has 2 amide bonds. The van der Waals surface area contributed by atoms with Crippen molar-refractivity contribution in [3.8, 4) is 11.5 Å². The number of ether oxygens (including phenoxy) is 1. The average molecular weight is 913 g/mol. The van der Waals surface area contributed by atoms with Gasteiger partial charge in [-0.25, -0.2) is 19.9 Å². The van der Waals surface area contributed by atoms with Gasteiger partial charge >= 0.3 is 12.4 Å². The second-order valence-electron chi connectivity index (χ2n) is 17.2. The monoisotopic (exact) mass is 912 g/mol. The van der Waals surface area contributed by atoms with E-state index in [2.05, 4.69) is 42.7 Å². The number of phenolic OH excluding ortho intramolecular Hbond substituents is 1. The molecule has 2 N–H and O–H groups in total. The molecule has 4 aliphatic rings. The third-order valence-electron chi connectivity index (χ3n) is 13.4. The highest BCUT2D eigenvalue weighted by Crippen LogP contribution is 2.41. The van der Waals surface area contributed by atoms with Gasteiger partial charge in [0.2, 0.25) is 11.6 Å². The fourth-order valence-corrected chi connectivity index (χ4v) is 9.75. The number of halogens is 6. The SMILES string of the molecule is Cc1c(O)ccc([C@H]2CCC[C@H]3CN(C(=O)c4cnc(C(F)(F)F)nc4)CCN32)c1C.Cc1c(OCCO)ccc([C@H]2CCC[C@H]3CN(C(=O)c4cnc(C(F)(F)F)nc4)CCN32)c1C. The number of piperazine rings is 2. The van der Waals surface area contributed by atoms with Crippen LogP contribution in [-0.4, -0.2) is 126 Å². The minimum Gasteiger partial charge on any atom is -0.508 e. The summed E-state index contributed by atoms with van der Waals surface area (Å²) in [6.45, 7) is 11.7. The zero-order valence-corrected chi connectivity index (χ0v) is 36.8. The molecule has 2 aromatic heterocycles. The predicted molar refractivity (Wildman–Crippen MR) is 226 cm³/mol. The summed E-state index contributed by atoms with van der Waals surface area (Å²) in [5.74, 6) is -2.11. The Bertz CT molecular complexity index is 2330. The maximum absolute atomic E-state index is 12.9. The summed E-state index contributed by atoms with van der Waals surface area (Å²) in [5.41, 5.74) is 6.79. The molecule has 0 unspecified atom stereocenters. The largest absolute Gasteiger partial charge is 0.508 e. The number of amides is 2. The van der Waals surface area contributed by atoms with E-state index in [1.807, 2.05) is 32.9 Å². The van der Waals surface area contributed by atoms with Gasteiger partial charge in [0.25, 0.3) is 11.8 Å². The van der Waals surface area contributed by atoms with Gasteiger partial charge in [0.05, 0.1) is 17.7 Å². The first-order valence-corrected chi connectivity index (χ1v) is 21.9. The minimum absolute atomic E-state index is 0.0356. The summed E-state index contributed by atoms with van der Waals surface area (Å²) in [5, 5.41) is 19.0. The zero-order valence-electron chi connectivity index (χ0n) is 36.8. The lowest BCUT2D eigenvalue weighted by Crippen LogP contribution is -2.57. The van der Waals surface area contributed by atoms with Gasteiger partial charge in [-0.2, -0.15) is 26.3 Å². The molecule has 0 bridgehead atoms. The van der Waals surface area contributed by atoms with Crippen LogP contribution in [0.25, 0.3) is 0 Å². The van der Waals surface area contributed by atoms with Crippen LogP contribution in [0, 0.1) is 27.7 Å². The molecular weight excluding hydrogens is 859 g/mol. The minimum atomic E-state index is -4.63. The van der Waals surface area contributed by atoms with Crippen molar-refractivity contribution in [2.75, 3.05) is 52.5 Å². The number of aromatic nitrogens is 4. The van der Waals surface area contributed by atoms with E-state index in [0.717, 1.165) is 85.8 Å². The lowest BCUT2D eigenvalue weighted by atomic mass is 9.86. The number of hydrogen-bond donors (Lipinski definition) is 2. The van der Waals surface area contributed by atoms with Gasteiger partial charge in [-0.15, -0.1) is 0 Å². The Labute approximate surface area is 373 Å². The van der Waals surface area contributed by atoms with Crippen LogP contribution < -0.4 is 4.74 Å². The summed E-state index contributed by atoms with van der Waals surface area (Å²) in [7, 11) is 0. The Balaban J connectivity index is 0.000000195. The van der Waals surface area contributed by atoms with Crippen LogP contribution in [0.1, 0.15) is 116 Å². The molecule has 2 aromatic carbocycles. The van der Waals surface area contributed by atoms with Crippen molar-refractivity contribution < 1.29 is 50.9 Å². The molecule has 65 heavy (non-hydrogen) atoms. The number of piperidine rings is 2. The number of benzene rings is 2. The molecule has 0 saturated carbocycles. The molecule has 4 saturated heterocycles. The number of phenols is 1. The smallest absolute Gasteiger partial charge is 0.451 e. The van der Waals surface area contributed by atoms with Gasteiger partial charge < -0.3 is 24.7 Å². The quantitative estimate of drug-likeness (QED) is 0.179. The molecule has 4 aliphatic heterocycles. The third-order valence-corrected chi connectivity index (χ3v) is 13.4. The Hall–Kier alpha value is -5.40. The molecule has 6 heterocycles. The summed E-state index contributed by atoms with van der Waals surface area (Å²) in [6, 6.07) is 8.60. The van der Waals surface area contributed by atoms with Crippen molar-refractivity contribution >= 4 is 11.8 Å².